The summed E-state index contributed by atoms with van der Waals surface area (Å²) in [5.41, 5.74) is 0.599. The molecule has 2 aromatic rings. The Morgan fingerprint density at radius 3 is 2.91 bits per heavy atom. The molecule has 3 N–H and O–H groups in total. The molecule has 23 heavy (non-hydrogen) atoms. The van der Waals surface area contributed by atoms with E-state index >= 15 is 0 Å². The number of nitrogens with zero attached hydrogens (tertiary/aromatic N) is 3. The van der Waals surface area contributed by atoms with E-state index in [1.807, 2.05) is 0 Å². The molecule has 1 amide bonds. The minimum absolute atomic E-state index is 0.171. The molecule has 0 saturated carbocycles. The van der Waals surface area contributed by atoms with Crippen LogP contribution < -0.4 is 11.2 Å². The molecular formula is C14H13Cl2N5OS. The molecule has 1 aromatic carbocycles. The Morgan fingerprint density at radius 2 is 2.26 bits per heavy atom. The van der Waals surface area contributed by atoms with Crippen LogP contribution in [0.1, 0.15) is 6.92 Å². The molecule has 120 valence electrons. The standard InChI is InChI=1S/C14H13Cl2N5OS/c1-3-6-18-13(22)8(2)23-14-20-19-12(21(14)17)10-5-4-9(15)7-11(10)16/h1,4-5,7-8H,6,17H2,2H3,(H,18,22). The minimum Gasteiger partial charge on any atom is -0.344 e. The highest BCUT2D eigenvalue weighted by atomic mass is 35.5. The Labute approximate surface area is 147 Å². The summed E-state index contributed by atoms with van der Waals surface area (Å²) >= 11 is 13.2. The van der Waals surface area contributed by atoms with E-state index in [-0.39, 0.29) is 12.5 Å². The molecule has 9 heteroatoms. The Balaban J connectivity index is 2.19. The van der Waals surface area contributed by atoms with Crippen LogP contribution in [0.5, 0.6) is 0 Å². The molecule has 1 unspecified atom stereocenters. The number of halogens is 2. The zero-order valence-corrected chi connectivity index (χ0v) is 14.4. The molecule has 1 heterocycles. The summed E-state index contributed by atoms with van der Waals surface area (Å²) in [6, 6.07) is 4.98. The van der Waals surface area contributed by atoms with E-state index in [1.54, 1.807) is 25.1 Å². The number of carbonyl (C=O) groups is 1. The zero-order valence-electron chi connectivity index (χ0n) is 12.1. The second kappa shape index (κ2) is 7.59. The molecule has 0 aliphatic heterocycles. The lowest BCUT2D eigenvalue weighted by Crippen LogP contribution is -2.31. The lowest BCUT2D eigenvalue weighted by Gasteiger charge is -2.10. The molecule has 0 fully saturated rings. The Bertz CT molecular complexity index is 771. The van der Waals surface area contributed by atoms with Crippen molar-refractivity contribution in [2.24, 2.45) is 0 Å². The van der Waals surface area contributed by atoms with Crippen molar-refractivity contribution in [2.45, 2.75) is 17.3 Å². The number of nitrogens with one attached hydrogen (secondary N) is 1. The van der Waals surface area contributed by atoms with Crippen LogP contribution in [-0.2, 0) is 4.79 Å². The van der Waals surface area contributed by atoms with Gasteiger partial charge in [-0.2, -0.15) is 0 Å². The third-order valence-electron chi connectivity index (χ3n) is 2.85. The number of benzene rings is 1. The summed E-state index contributed by atoms with van der Waals surface area (Å²) in [6.07, 6.45) is 5.11. The van der Waals surface area contributed by atoms with Crippen LogP contribution in [0, 0.1) is 12.3 Å². The third kappa shape index (κ3) is 4.10. The number of hydrogen-bond acceptors (Lipinski definition) is 5. The molecule has 0 aliphatic carbocycles. The van der Waals surface area contributed by atoms with Gasteiger partial charge in [-0.05, 0) is 25.1 Å². The first-order valence-corrected chi connectivity index (χ1v) is 8.11. The van der Waals surface area contributed by atoms with Gasteiger partial charge < -0.3 is 11.2 Å². The Morgan fingerprint density at radius 1 is 1.52 bits per heavy atom. The number of aromatic nitrogens is 3. The van der Waals surface area contributed by atoms with Crippen LogP contribution in [0.15, 0.2) is 23.4 Å². The molecule has 1 atom stereocenters. The molecule has 0 saturated heterocycles. The van der Waals surface area contributed by atoms with Gasteiger partial charge in [0.2, 0.25) is 11.1 Å². The number of amides is 1. The van der Waals surface area contributed by atoms with Gasteiger partial charge in [0.05, 0.1) is 16.8 Å². The van der Waals surface area contributed by atoms with Crippen molar-refractivity contribution in [1.29, 1.82) is 0 Å². The summed E-state index contributed by atoms with van der Waals surface area (Å²) in [4.78, 5) is 11.8. The summed E-state index contributed by atoms with van der Waals surface area (Å²) in [5, 5.41) is 11.5. The van der Waals surface area contributed by atoms with Gasteiger partial charge in [-0.1, -0.05) is 40.9 Å². The van der Waals surface area contributed by atoms with Gasteiger partial charge in [0.15, 0.2) is 5.82 Å². The fourth-order valence-corrected chi connectivity index (χ4v) is 2.99. The van der Waals surface area contributed by atoms with Crippen molar-refractivity contribution in [3.8, 4) is 23.7 Å². The van der Waals surface area contributed by atoms with Crippen LogP contribution in [0.25, 0.3) is 11.4 Å². The molecule has 6 nitrogen and oxygen atoms in total. The summed E-state index contributed by atoms with van der Waals surface area (Å²) < 4.78 is 1.28. The fourth-order valence-electron chi connectivity index (χ4n) is 1.71. The van der Waals surface area contributed by atoms with Gasteiger partial charge in [-0.15, -0.1) is 16.6 Å². The maximum absolute atomic E-state index is 11.8. The highest BCUT2D eigenvalue weighted by molar-refractivity contribution is 8.00. The van der Waals surface area contributed by atoms with E-state index < -0.39 is 5.25 Å². The monoisotopic (exact) mass is 369 g/mol. The quantitative estimate of drug-likeness (QED) is 0.479. The number of nitrogen functional groups attached to an aromatic ring is 1. The predicted molar refractivity (Wildman–Crippen MR) is 92.8 cm³/mol. The molecule has 2 rings (SSSR count). The molecule has 0 bridgehead atoms. The SMILES string of the molecule is C#CCNC(=O)C(C)Sc1nnc(-c2ccc(Cl)cc2Cl)n1N. The van der Waals surface area contributed by atoms with Crippen LogP contribution >= 0.6 is 35.0 Å². The van der Waals surface area contributed by atoms with Gasteiger partial charge in [-0.25, -0.2) is 4.68 Å². The van der Waals surface area contributed by atoms with Crippen LogP contribution in [-0.4, -0.2) is 32.6 Å². The van der Waals surface area contributed by atoms with E-state index in [0.29, 0.717) is 26.6 Å². The van der Waals surface area contributed by atoms with Gasteiger partial charge >= 0.3 is 0 Å². The van der Waals surface area contributed by atoms with E-state index in [9.17, 15) is 4.79 Å². The molecular weight excluding hydrogens is 357 g/mol. The van der Waals surface area contributed by atoms with Crippen molar-refractivity contribution in [3.05, 3.63) is 28.2 Å². The minimum atomic E-state index is -0.427. The molecule has 1 aromatic heterocycles. The first-order valence-electron chi connectivity index (χ1n) is 6.47. The fraction of sp³-hybridized carbons (Fsp3) is 0.214. The summed E-state index contributed by atoms with van der Waals surface area (Å²) in [5.74, 6) is 8.52. The van der Waals surface area contributed by atoms with Gasteiger partial charge in [0.1, 0.15) is 0 Å². The summed E-state index contributed by atoms with van der Waals surface area (Å²) in [6.45, 7) is 1.89. The van der Waals surface area contributed by atoms with Crippen molar-refractivity contribution in [3.63, 3.8) is 0 Å². The summed E-state index contributed by atoms with van der Waals surface area (Å²) in [7, 11) is 0. The normalized spacial score (nSPS) is 11.7. The average molecular weight is 370 g/mol. The van der Waals surface area contributed by atoms with E-state index in [0.717, 1.165) is 0 Å². The number of rotatable bonds is 5. The van der Waals surface area contributed by atoms with Gasteiger partial charge in [0, 0.05) is 10.6 Å². The van der Waals surface area contributed by atoms with Crippen LogP contribution in [0.4, 0.5) is 0 Å². The number of carbonyl (C=O) groups excluding carboxylic acids is 1. The average Bonchev–Trinajstić information content (AvgIpc) is 2.86. The highest BCUT2D eigenvalue weighted by Crippen LogP contribution is 2.30. The van der Waals surface area contributed by atoms with E-state index in [4.69, 9.17) is 35.5 Å². The smallest absolute Gasteiger partial charge is 0.234 e. The van der Waals surface area contributed by atoms with E-state index in [1.165, 1.54) is 16.4 Å². The lowest BCUT2D eigenvalue weighted by atomic mass is 10.2. The second-order valence-corrected chi connectivity index (χ2v) is 6.63. The maximum atomic E-state index is 11.8. The molecule has 0 radical (unpaired) electrons. The maximum Gasteiger partial charge on any atom is 0.234 e. The van der Waals surface area contributed by atoms with Gasteiger partial charge in [0.25, 0.3) is 0 Å². The first kappa shape index (κ1) is 17.5. The Kier molecular flexibility index (Phi) is 5.77. The second-order valence-electron chi connectivity index (χ2n) is 4.48. The van der Waals surface area contributed by atoms with E-state index in [2.05, 4.69) is 21.4 Å². The largest absolute Gasteiger partial charge is 0.344 e. The highest BCUT2D eigenvalue weighted by Gasteiger charge is 2.20. The topological polar surface area (TPSA) is 85.8 Å². The van der Waals surface area contributed by atoms with Crippen molar-refractivity contribution < 1.29 is 4.79 Å². The molecule has 0 aliphatic rings. The Hall–Kier alpha value is -1.88. The van der Waals surface area contributed by atoms with Crippen LogP contribution in [0.2, 0.25) is 10.0 Å². The number of thioether (sulfide) groups is 1. The third-order valence-corrected chi connectivity index (χ3v) is 4.46. The van der Waals surface area contributed by atoms with Gasteiger partial charge in [-0.3, -0.25) is 4.79 Å². The number of nitrogens with two attached hydrogens (primary N) is 1. The van der Waals surface area contributed by atoms with Crippen LogP contribution in [0.3, 0.4) is 0 Å². The van der Waals surface area contributed by atoms with Crippen molar-refractivity contribution in [1.82, 2.24) is 20.2 Å². The first-order chi connectivity index (χ1) is 10.9. The zero-order chi connectivity index (χ0) is 17.0. The number of terminal acetylenes is 1. The van der Waals surface area contributed by atoms with Crippen molar-refractivity contribution >= 4 is 40.9 Å². The van der Waals surface area contributed by atoms with Crippen molar-refractivity contribution in [2.75, 3.05) is 12.4 Å². The lowest BCUT2D eigenvalue weighted by molar-refractivity contribution is -0.120. The number of hydrogen-bond donors (Lipinski definition) is 2. The molecule has 0 spiro atoms. The predicted octanol–water partition coefficient (Wildman–Crippen LogP) is 2.20.